The van der Waals surface area contributed by atoms with Crippen molar-refractivity contribution in [3.63, 3.8) is 0 Å². The van der Waals surface area contributed by atoms with Crippen LogP contribution in [0.1, 0.15) is 12.0 Å². The second-order valence-corrected chi connectivity index (χ2v) is 6.67. The number of methoxy groups -OCH3 is 1. The third-order valence-electron chi connectivity index (χ3n) is 4.75. The lowest BCUT2D eigenvalue weighted by Crippen LogP contribution is -2.28. The first-order valence-corrected chi connectivity index (χ1v) is 8.76. The van der Waals surface area contributed by atoms with Gasteiger partial charge in [0.2, 0.25) is 17.8 Å². The molecule has 1 aliphatic heterocycles. The fourth-order valence-electron chi connectivity index (χ4n) is 3.36. The van der Waals surface area contributed by atoms with Crippen molar-refractivity contribution in [1.29, 1.82) is 0 Å². The number of rotatable bonds is 4. The predicted molar refractivity (Wildman–Crippen MR) is 103 cm³/mol. The summed E-state index contributed by atoms with van der Waals surface area (Å²) in [5.74, 6) is 0.239. The quantitative estimate of drug-likeness (QED) is 0.745. The summed E-state index contributed by atoms with van der Waals surface area (Å²) >= 11 is 0. The number of carbonyl (C=O) groups is 2. The molecule has 2 N–H and O–H groups in total. The van der Waals surface area contributed by atoms with E-state index in [0.29, 0.717) is 23.9 Å². The molecule has 0 saturated carbocycles. The molecular weight excluding hydrogens is 344 g/mol. The Hall–Kier alpha value is -3.35. The number of anilines is 2. The van der Waals surface area contributed by atoms with Gasteiger partial charge in [0.15, 0.2) is 0 Å². The van der Waals surface area contributed by atoms with E-state index < -0.39 is 5.92 Å². The van der Waals surface area contributed by atoms with Gasteiger partial charge in [-0.3, -0.25) is 14.9 Å². The van der Waals surface area contributed by atoms with Crippen molar-refractivity contribution in [2.75, 3.05) is 23.9 Å². The molecule has 1 atom stereocenters. The molecule has 27 heavy (non-hydrogen) atoms. The van der Waals surface area contributed by atoms with E-state index in [-0.39, 0.29) is 18.2 Å². The Morgan fingerprint density at radius 3 is 2.89 bits per heavy atom. The average Bonchev–Trinajstić information content (AvgIpc) is 3.24. The fourth-order valence-corrected chi connectivity index (χ4v) is 3.36. The van der Waals surface area contributed by atoms with Crippen LogP contribution in [-0.2, 0) is 9.59 Å². The summed E-state index contributed by atoms with van der Waals surface area (Å²) in [4.78, 5) is 34.2. The van der Waals surface area contributed by atoms with Crippen LogP contribution in [0.2, 0.25) is 0 Å². The molecule has 2 amide bonds. The van der Waals surface area contributed by atoms with E-state index in [1.54, 1.807) is 12.0 Å². The number of aromatic amines is 1. The van der Waals surface area contributed by atoms with Crippen LogP contribution in [0.4, 0.5) is 11.6 Å². The SMILES string of the molecule is COc1ccc(C)cc1N1C[C@@H](C(=O)Nc2nc3ccccc3[nH]2)CC1=O. The molecule has 1 aliphatic rings. The van der Waals surface area contributed by atoms with Crippen LogP contribution in [0.15, 0.2) is 42.5 Å². The zero-order valence-electron chi connectivity index (χ0n) is 15.2. The lowest BCUT2D eigenvalue weighted by Gasteiger charge is -2.20. The van der Waals surface area contributed by atoms with Gasteiger partial charge in [0.25, 0.3) is 0 Å². The van der Waals surface area contributed by atoms with Crippen molar-refractivity contribution in [2.24, 2.45) is 5.92 Å². The van der Waals surface area contributed by atoms with Gasteiger partial charge >= 0.3 is 0 Å². The number of benzene rings is 2. The number of hydrogen-bond acceptors (Lipinski definition) is 4. The number of para-hydroxylation sites is 2. The molecule has 0 radical (unpaired) electrons. The number of H-pyrrole nitrogens is 1. The standard InChI is InChI=1S/C20H20N4O3/c1-12-7-8-17(27-2)16(9-12)24-11-13(10-18(24)25)19(26)23-20-21-14-5-3-4-6-15(14)22-20/h3-9,13H,10-11H2,1-2H3,(H2,21,22,23,26)/t13-/m0/s1. The number of nitrogens with zero attached hydrogens (tertiary/aromatic N) is 2. The zero-order chi connectivity index (χ0) is 19.0. The Kier molecular flexibility index (Phi) is 4.27. The summed E-state index contributed by atoms with van der Waals surface area (Å²) in [5, 5.41) is 2.79. The highest BCUT2D eigenvalue weighted by Gasteiger charge is 2.36. The summed E-state index contributed by atoms with van der Waals surface area (Å²) < 4.78 is 5.38. The number of hydrogen-bond donors (Lipinski definition) is 2. The van der Waals surface area contributed by atoms with E-state index in [4.69, 9.17) is 4.74 Å². The Bertz CT molecular complexity index is 994. The number of aryl methyl sites for hydroxylation is 1. The van der Waals surface area contributed by atoms with Gasteiger partial charge in [0.05, 0.1) is 29.7 Å². The van der Waals surface area contributed by atoms with Crippen molar-refractivity contribution in [2.45, 2.75) is 13.3 Å². The maximum absolute atomic E-state index is 12.7. The number of fused-ring (bicyclic) bond motifs is 1. The van der Waals surface area contributed by atoms with Crippen LogP contribution < -0.4 is 15.0 Å². The smallest absolute Gasteiger partial charge is 0.232 e. The number of nitrogens with one attached hydrogen (secondary N) is 2. The lowest BCUT2D eigenvalue weighted by atomic mass is 10.1. The summed E-state index contributed by atoms with van der Waals surface area (Å²) in [6.07, 6.45) is 0.156. The molecule has 1 aromatic heterocycles. The molecular formula is C20H20N4O3. The summed E-state index contributed by atoms with van der Waals surface area (Å²) in [7, 11) is 1.57. The van der Waals surface area contributed by atoms with Crippen LogP contribution in [0.25, 0.3) is 11.0 Å². The van der Waals surface area contributed by atoms with Crippen molar-refractivity contribution in [3.8, 4) is 5.75 Å². The van der Waals surface area contributed by atoms with Crippen LogP contribution in [0.3, 0.4) is 0 Å². The normalized spacial score (nSPS) is 16.7. The Labute approximate surface area is 156 Å². The van der Waals surface area contributed by atoms with Gasteiger partial charge in [-0.05, 0) is 36.8 Å². The van der Waals surface area contributed by atoms with Gasteiger partial charge in [-0.25, -0.2) is 4.98 Å². The Morgan fingerprint density at radius 1 is 1.30 bits per heavy atom. The van der Waals surface area contributed by atoms with E-state index >= 15 is 0 Å². The van der Waals surface area contributed by atoms with Gasteiger partial charge in [0, 0.05) is 13.0 Å². The van der Waals surface area contributed by atoms with Crippen molar-refractivity contribution < 1.29 is 14.3 Å². The maximum atomic E-state index is 12.7. The van der Waals surface area contributed by atoms with Gasteiger partial charge in [0.1, 0.15) is 5.75 Å². The molecule has 0 unspecified atom stereocenters. The lowest BCUT2D eigenvalue weighted by molar-refractivity contribution is -0.122. The third-order valence-corrected chi connectivity index (χ3v) is 4.75. The predicted octanol–water partition coefficient (Wildman–Crippen LogP) is 2.87. The van der Waals surface area contributed by atoms with E-state index in [2.05, 4.69) is 15.3 Å². The maximum Gasteiger partial charge on any atom is 0.232 e. The van der Waals surface area contributed by atoms with Crippen LogP contribution >= 0.6 is 0 Å². The summed E-state index contributed by atoms with van der Waals surface area (Å²) in [6.45, 7) is 2.26. The number of amides is 2. The van der Waals surface area contributed by atoms with Crippen LogP contribution in [-0.4, -0.2) is 35.4 Å². The van der Waals surface area contributed by atoms with Crippen molar-refractivity contribution in [3.05, 3.63) is 48.0 Å². The molecule has 7 nitrogen and oxygen atoms in total. The van der Waals surface area contributed by atoms with Gasteiger partial charge in [-0.1, -0.05) is 18.2 Å². The first-order chi connectivity index (χ1) is 13.0. The van der Waals surface area contributed by atoms with Gasteiger partial charge in [-0.15, -0.1) is 0 Å². The van der Waals surface area contributed by atoms with E-state index in [9.17, 15) is 9.59 Å². The van der Waals surface area contributed by atoms with Gasteiger partial charge in [-0.2, -0.15) is 0 Å². The number of imidazole rings is 1. The highest BCUT2D eigenvalue weighted by atomic mass is 16.5. The van der Waals surface area contributed by atoms with E-state index in [1.807, 2.05) is 49.4 Å². The average molecular weight is 364 g/mol. The molecule has 2 heterocycles. The molecule has 1 fully saturated rings. The molecule has 0 aliphatic carbocycles. The molecule has 0 bridgehead atoms. The highest BCUT2D eigenvalue weighted by Crippen LogP contribution is 2.34. The fraction of sp³-hybridized carbons (Fsp3) is 0.250. The summed E-state index contributed by atoms with van der Waals surface area (Å²) in [6, 6.07) is 13.2. The van der Waals surface area contributed by atoms with Gasteiger partial charge < -0.3 is 14.6 Å². The minimum atomic E-state index is -0.448. The van der Waals surface area contributed by atoms with E-state index in [1.165, 1.54) is 0 Å². The number of ether oxygens (including phenoxy) is 1. The van der Waals surface area contributed by atoms with Crippen LogP contribution in [0.5, 0.6) is 5.75 Å². The molecule has 4 rings (SSSR count). The highest BCUT2D eigenvalue weighted by molar-refractivity contribution is 6.04. The van der Waals surface area contributed by atoms with Crippen molar-refractivity contribution in [1.82, 2.24) is 9.97 Å². The summed E-state index contributed by atoms with van der Waals surface area (Å²) in [5.41, 5.74) is 3.35. The van der Waals surface area contributed by atoms with E-state index in [0.717, 1.165) is 16.6 Å². The minimum absolute atomic E-state index is 0.0938. The third kappa shape index (κ3) is 3.23. The Morgan fingerprint density at radius 2 is 2.11 bits per heavy atom. The number of aromatic nitrogens is 2. The molecule has 0 spiro atoms. The minimum Gasteiger partial charge on any atom is -0.495 e. The first-order valence-electron chi connectivity index (χ1n) is 8.76. The molecule has 2 aromatic carbocycles. The second-order valence-electron chi connectivity index (χ2n) is 6.67. The monoisotopic (exact) mass is 364 g/mol. The Balaban J connectivity index is 1.51. The van der Waals surface area contributed by atoms with Crippen LogP contribution in [0, 0.1) is 12.8 Å². The second kappa shape index (κ2) is 6.75. The topological polar surface area (TPSA) is 87.3 Å². The molecule has 138 valence electrons. The molecule has 7 heteroatoms. The number of carbonyl (C=O) groups excluding carboxylic acids is 2. The largest absolute Gasteiger partial charge is 0.495 e. The molecule has 3 aromatic rings. The van der Waals surface area contributed by atoms with Crippen molar-refractivity contribution >= 4 is 34.5 Å². The molecule has 1 saturated heterocycles. The first kappa shape index (κ1) is 17.1. The zero-order valence-corrected chi connectivity index (χ0v) is 15.2.